The van der Waals surface area contributed by atoms with Gasteiger partial charge in [0.1, 0.15) is 11.6 Å². The number of anilines is 1. The highest BCUT2D eigenvalue weighted by Crippen LogP contribution is 2.38. The van der Waals surface area contributed by atoms with E-state index in [2.05, 4.69) is 14.7 Å². The molecule has 3 aromatic rings. The predicted octanol–water partition coefficient (Wildman–Crippen LogP) is 3.12. The summed E-state index contributed by atoms with van der Waals surface area (Å²) in [5, 5.41) is 0. The first-order chi connectivity index (χ1) is 15.1. The van der Waals surface area contributed by atoms with Crippen LogP contribution in [0.5, 0.6) is 5.88 Å². The van der Waals surface area contributed by atoms with Crippen LogP contribution in [0.15, 0.2) is 35.5 Å². The minimum absolute atomic E-state index is 0.191. The van der Waals surface area contributed by atoms with Crippen molar-refractivity contribution in [3.05, 3.63) is 46.6 Å². The minimum atomic E-state index is -3.28. The van der Waals surface area contributed by atoms with Crippen LogP contribution in [-0.2, 0) is 14.9 Å². The number of aryl methyl sites for hydroxylation is 1. The molecule has 0 unspecified atom stereocenters. The zero-order valence-electron chi connectivity index (χ0n) is 17.6. The topological polar surface area (TPSA) is 106 Å². The number of alkyl halides is 2. The van der Waals surface area contributed by atoms with Gasteiger partial charge in [-0.05, 0) is 37.5 Å². The highest BCUT2D eigenvalue weighted by molar-refractivity contribution is 8.15. The predicted molar refractivity (Wildman–Crippen MR) is 120 cm³/mol. The molecule has 0 aliphatic heterocycles. The van der Waals surface area contributed by atoms with E-state index in [0.29, 0.717) is 28.1 Å². The van der Waals surface area contributed by atoms with Gasteiger partial charge in [-0.2, -0.15) is 0 Å². The molecule has 0 aromatic carbocycles. The van der Waals surface area contributed by atoms with Crippen LogP contribution in [0.4, 0.5) is 14.5 Å². The molecule has 2 N–H and O–H groups in total. The van der Waals surface area contributed by atoms with E-state index in [1.165, 1.54) is 18.6 Å². The zero-order valence-corrected chi connectivity index (χ0v) is 18.5. The fraction of sp³-hybridized carbons (Fsp3) is 0.381. The van der Waals surface area contributed by atoms with Gasteiger partial charge in [0.05, 0.1) is 23.1 Å². The van der Waals surface area contributed by atoms with E-state index < -0.39 is 22.1 Å². The first-order valence-electron chi connectivity index (χ1n) is 10.1. The number of ether oxygens (including phenoxy) is 1. The summed E-state index contributed by atoms with van der Waals surface area (Å²) in [6, 6.07) is 3.42. The van der Waals surface area contributed by atoms with Gasteiger partial charge in [0.15, 0.2) is 5.62 Å². The Kier molecular flexibility index (Phi) is 5.61. The maximum Gasteiger partial charge on any atom is 0.272 e. The third kappa shape index (κ3) is 4.43. The Morgan fingerprint density at radius 1 is 1.34 bits per heavy atom. The van der Waals surface area contributed by atoms with Gasteiger partial charge in [0.25, 0.3) is 5.56 Å². The lowest BCUT2D eigenvalue weighted by Crippen LogP contribution is -2.31. The Bertz CT molecular complexity index is 1280. The van der Waals surface area contributed by atoms with Gasteiger partial charge in [-0.15, -0.1) is 0 Å². The van der Waals surface area contributed by atoms with Crippen molar-refractivity contribution in [3.63, 3.8) is 0 Å². The molecular formula is C21H24F2N4O4S. The molecule has 0 radical (unpaired) electrons. The fourth-order valence-corrected chi connectivity index (χ4v) is 4.61. The number of thiol groups is 1. The first kappa shape index (κ1) is 22.1. The van der Waals surface area contributed by atoms with Crippen molar-refractivity contribution in [3.8, 4) is 17.1 Å². The molecule has 3 heterocycles. The van der Waals surface area contributed by atoms with E-state index in [1.807, 2.05) is 0 Å². The van der Waals surface area contributed by atoms with E-state index in [9.17, 15) is 22.6 Å². The molecule has 8 nitrogen and oxygen atoms in total. The number of halogens is 2. The Hall–Kier alpha value is -3.08. The molecule has 32 heavy (non-hydrogen) atoms. The van der Waals surface area contributed by atoms with E-state index in [4.69, 9.17) is 4.74 Å². The van der Waals surface area contributed by atoms with Gasteiger partial charge in [-0.1, -0.05) is 0 Å². The smallest absolute Gasteiger partial charge is 0.272 e. The Labute approximate surface area is 183 Å². The lowest BCUT2D eigenvalue weighted by molar-refractivity contribution is -0.0587. The number of carbonyl (C=O) groups is 1. The molecule has 3 aromatic heterocycles. The van der Waals surface area contributed by atoms with E-state index >= 15 is 0 Å². The fourth-order valence-electron chi connectivity index (χ4n) is 3.92. The third-order valence-corrected chi connectivity index (χ3v) is 6.61. The minimum Gasteiger partial charge on any atom is -0.474 e. The SMILES string of the molecule is Cc1cc(-c2cc(N[SH](C)(=O)C=O)cnc2OC2CCC(F)(F)CC2)n2cc[nH]c(=O)c12. The number of nitrogens with zero attached hydrogens (tertiary/aromatic N) is 2. The molecule has 172 valence electrons. The Balaban J connectivity index is 1.79. The second-order valence-electron chi connectivity index (χ2n) is 8.18. The molecule has 1 aliphatic rings. The lowest BCUT2D eigenvalue weighted by Gasteiger charge is -2.29. The van der Waals surface area contributed by atoms with Crippen molar-refractivity contribution in [1.29, 1.82) is 0 Å². The highest BCUT2D eigenvalue weighted by atomic mass is 32.3. The van der Waals surface area contributed by atoms with Crippen molar-refractivity contribution in [1.82, 2.24) is 14.4 Å². The van der Waals surface area contributed by atoms with E-state index in [0.717, 1.165) is 5.56 Å². The van der Waals surface area contributed by atoms with Crippen LogP contribution < -0.4 is 15.0 Å². The van der Waals surface area contributed by atoms with Gasteiger partial charge in [0.2, 0.25) is 11.8 Å². The average molecular weight is 467 g/mol. The quantitative estimate of drug-likeness (QED) is 0.382. The second kappa shape index (κ2) is 8.12. The van der Waals surface area contributed by atoms with Crippen LogP contribution in [-0.4, -0.2) is 42.5 Å². The van der Waals surface area contributed by atoms with Crippen LogP contribution in [0.3, 0.4) is 0 Å². The molecule has 0 atom stereocenters. The number of fused-ring (bicyclic) bond motifs is 1. The number of rotatable bonds is 6. The second-order valence-corrected chi connectivity index (χ2v) is 10.6. The molecule has 4 rings (SSSR count). The number of nitrogens with one attached hydrogen (secondary N) is 2. The van der Waals surface area contributed by atoms with Gasteiger partial charge in [-0.25, -0.2) is 13.8 Å². The van der Waals surface area contributed by atoms with Crippen molar-refractivity contribution in [2.24, 2.45) is 0 Å². The normalized spacial score (nSPS) is 17.2. The Morgan fingerprint density at radius 2 is 2.06 bits per heavy atom. The monoisotopic (exact) mass is 466 g/mol. The molecular weight excluding hydrogens is 442 g/mol. The van der Waals surface area contributed by atoms with E-state index in [1.54, 1.807) is 29.7 Å². The summed E-state index contributed by atoms with van der Waals surface area (Å²) in [6.07, 6.45) is 5.30. The summed E-state index contributed by atoms with van der Waals surface area (Å²) >= 11 is 0. The van der Waals surface area contributed by atoms with Gasteiger partial charge >= 0.3 is 0 Å². The summed E-state index contributed by atoms with van der Waals surface area (Å²) in [5.41, 5.74) is 2.65. The van der Waals surface area contributed by atoms with Crippen LogP contribution in [0.25, 0.3) is 16.8 Å². The Morgan fingerprint density at radius 3 is 2.75 bits per heavy atom. The molecule has 1 saturated carbocycles. The molecule has 1 aliphatic carbocycles. The van der Waals surface area contributed by atoms with Crippen molar-refractivity contribution >= 4 is 26.9 Å². The number of pyridine rings is 1. The van der Waals surface area contributed by atoms with Gasteiger partial charge in [-0.3, -0.25) is 13.8 Å². The maximum atomic E-state index is 13.5. The van der Waals surface area contributed by atoms with Gasteiger partial charge < -0.3 is 18.8 Å². The summed E-state index contributed by atoms with van der Waals surface area (Å²) in [4.78, 5) is 30.4. The summed E-state index contributed by atoms with van der Waals surface area (Å²) in [7, 11) is -3.28. The van der Waals surface area contributed by atoms with Crippen LogP contribution in [0.1, 0.15) is 31.2 Å². The lowest BCUT2D eigenvalue weighted by atomic mass is 9.94. The third-order valence-electron chi connectivity index (χ3n) is 5.50. The molecule has 0 amide bonds. The molecule has 1 fully saturated rings. The van der Waals surface area contributed by atoms with Gasteiger partial charge in [0, 0.05) is 41.6 Å². The zero-order chi connectivity index (χ0) is 23.1. The van der Waals surface area contributed by atoms with E-state index in [-0.39, 0.29) is 37.1 Å². The number of hydrogen-bond donors (Lipinski definition) is 3. The molecule has 11 heteroatoms. The number of aromatic nitrogens is 3. The highest BCUT2D eigenvalue weighted by Gasteiger charge is 2.36. The largest absolute Gasteiger partial charge is 0.474 e. The molecule has 0 bridgehead atoms. The number of aromatic amines is 1. The first-order valence-corrected chi connectivity index (χ1v) is 12.4. The molecule has 0 saturated heterocycles. The summed E-state index contributed by atoms with van der Waals surface area (Å²) < 4.78 is 49.7. The number of carbonyl (C=O) groups excluding carboxylic acids is 1. The van der Waals surface area contributed by atoms with Crippen LogP contribution >= 0.6 is 0 Å². The van der Waals surface area contributed by atoms with Crippen molar-refractivity contribution in [2.75, 3.05) is 11.0 Å². The number of H-pyrrole nitrogens is 1. The van der Waals surface area contributed by atoms with Crippen LogP contribution in [0.2, 0.25) is 0 Å². The van der Waals surface area contributed by atoms with Crippen molar-refractivity contribution < 1.29 is 22.5 Å². The summed E-state index contributed by atoms with van der Waals surface area (Å²) in [5.74, 6) is -2.47. The van der Waals surface area contributed by atoms with Crippen molar-refractivity contribution in [2.45, 2.75) is 44.6 Å². The maximum absolute atomic E-state index is 13.5. The number of hydrogen-bond acceptors (Lipinski definition) is 5. The molecule has 0 spiro atoms. The standard InChI is InChI=1S/C21H24F2N4O4S/c1-13-9-17(27-8-7-24-19(29)18(13)27)16-10-14(26-32(2,30)12-28)11-25-20(16)31-15-3-5-21(22,23)6-4-15/h7-12,15,32H,3-6H2,1-2H3,(H,24,29)(H,26,30). The van der Waals surface area contributed by atoms with Crippen LogP contribution in [0, 0.1) is 6.92 Å². The summed E-state index contributed by atoms with van der Waals surface area (Å²) in [6.45, 7) is 1.79. The average Bonchev–Trinajstić information content (AvgIpc) is 3.08.